The fraction of sp³-hybridized carbons (Fsp3) is 0.269. The molecule has 0 saturated heterocycles. The number of hydrogen-bond acceptors (Lipinski definition) is 6. The van der Waals surface area contributed by atoms with Crippen molar-refractivity contribution in [3.05, 3.63) is 71.7 Å². The maximum Gasteiger partial charge on any atom is 0.434 e. The number of alkyl halides is 5. The molecule has 0 spiro atoms. The molecule has 1 fully saturated rings. The Morgan fingerprint density at radius 1 is 1.08 bits per heavy atom. The van der Waals surface area contributed by atoms with Gasteiger partial charge in [0.15, 0.2) is 11.5 Å². The second kappa shape index (κ2) is 9.40. The Balaban J connectivity index is 1.32. The zero-order chi connectivity index (χ0) is 27.3. The quantitative estimate of drug-likeness (QED) is 0.258. The molecular weight excluding hydrogens is 521 g/mol. The van der Waals surface area contributed by atoms with Gasteiger partial charge in [0.2, 0.25) is 5.88 Å². The van der Waals surface area contributed by atoms with Gasteiger partial charge in [-0.25, -0.2) is 24.9 Å². The van der Waals surface area contributed by atoms with Gasteiger partial charge < -0.3 is 14.3 Å². The van der Waals surface area contributed by atoms with E-state index in [1.165, 1.54) is 17.9 Å². The number of aromatic nitrogens is 7. The molecule has 0 aliphatic heterocycles. The summed E-state index contributed by atoms with van der Waals surface area (Å²) < 4.78 is 71.3. The normalized spacial score (nSPS) is 13.9. The molecule has 1 aliphatic carbocycles. The lowest BCUT2D eigenvalue weighted by Gasteiger charge is -2.12. The Morgan fingerprint density at radius 2 is 1.85 bits per heavy atom. The molecule has 0 radical (unpaired) electrons. The lowest BCUT2D eigenvalue weighted by atomic mass is 10.0. The molecule has 1 aliphatic rings. The Kier molecular flexibility index (Phi) is 6.00. The maximum absolute atomic E-state index is 13.1. The van der Waals surface area contributed by atoms with Gasteiger partial charge in [0.05, 0.1) is 22.9 Å². The third-order valence-corrected chi connectivity index (χ3v) is 6.50. The predicted molar refractivity (Wildman–Crippen MR) is 130 cm³/mol. The zero-order valence-corrected chi connectivity index (χ0v) is 20.4. The van der Waals surface area contributed by atoms with Crippen molar-refractivity contribution in [1.29, 1.82) is 0 Å². The molecule has 0 unspecified atom stereocenters. The van der Waals surface area contributed by atoms with Gasteiger partial charge in [-0.2, -0.15) is 22.0 Å². The van der Waals surface area contributed by atoms with Crippen molar-refractivity contribution in [2.75, 3.05) is 0 Å². The molecule has 6 rings (SSSR count). The summed E-state index contributed by atoms with van der Waals surface area (Å²) in [6, 6.07) is 7.04. The van der Waals surface area contributed by atoms with E-state index in [-0.39, 0.29) is 29.0 Å². The van der Waals surface area contributed by atoms with Crippen molar-refractivity contribution in [2.24, 2.45) is 7.05 Å². The van der Waals surface area contributed by atoms with Crippen LogP contribution in [-0.4, -0.2) is 41.1 Å². The number of ether oxygens (including phenoxy) is 1. The Bertz CT molecular complexity index is 1660. The standard InChI is InChI=1S/C26H20F5N7O/c1-38-11-18(26(29,30)31)36-23(38)15-4-2-13(3-5-15)8-16-9-32-17-10-33-22(37-20(16)17)19-21(14-6-7-14)34-12-35-24(19)39-25(27)28/h2-5,9-12,14,25,32H,6-8H2,1H3. The molecule has 5 aromatic rings. The van der Waals surface area contributed by atoms with Crippen molar-refractivity contribution < 1.29 is 26.7 Å². The van der Waals surface area contributed by atoms with E-state index in [0.29, 0.717) is 28.7 Å². The summed E-state index contributed by atoms with van der Waals surface area (Å²) >= 11 is 0. The third-order valence-electron chi connectivity index (χ3n) is 6.50. The summed E-state index contributed by atoms with van der Waals surface area (Å²) in [7, 11) is 1.51. The Morgan fingerprint density at radius 3 is 2.51 bits per heavy atom. The predicted octanol–water partition coefficient (Wildman–Crippen LogP) is 5.90. The first-order valence-electron chi connectivity index (χ1n) is 12.0. The first kappa shape index (κ1) is 24.9. The van der Waals surface area contributed by atoms with E-state index in [4.69, 9.17) is 0 Å². The second-order valence-corrected chi connectivity index (χ2v) is 9.29. The van der Waals surface area contributed by atoms with Crippen LogP contribution in [0.5, 0.6) is 5.88 Å². The van der Waals surface area contributed by atoms with Crippen molar-refractivity contribution in [3.63, 3.8) is 0 Å². The largest absolute Gasteiger partial charge is 0.434 e. The SMILES string of the molecule is Cn1cc(C(F)(F)F)nc1-c1ccc(Cc2c[nH]c3cnc(-c4c(OC(F)F)ncnc4C4CC4)nc23)cc1. The minimum atomic E-state index is -4.52. The van der Waals surface area contributed by atoms with Gasteiger partial charge in [-0.1, -0.05) is 24.3 Å². The highest BCUT2D eigenvalue weighted by molar-refractivity contribution is 5.81. The van der Waals surface area contributed by atoms with Crippen LogP contribution in [0, 0.1) is 0 Å². The number of aryl methyl sites for hydroxylation is 1. The van der Waals surface area contributed by atoms with Gasteiger partial charge in [-0.3, -0.25) is 0 Å². The number of nitrogens with zero attached hydrogens (tertiary/aromatic N) is 6. The monoisotopic (exact) mass is 541 g/mol. The van der Waals surface area contributed by atoms with Crippen LogP contribution in [0.25, 0.3) is 33.8 Å². The van der Waals surface area contributed by atoms with E-state index in [2.05, 4.69) is 34.6 Å². The Labute approximate surface area is 218 Å². The van der Waals surface area contributed by atoms with Gasteiger partial charge in [-0.15, -0.1) is 0 Å². The molecule has 1 aromatic carbocycles. The number of fused-ring (bicyclic) bond motifs is 1. The highest BCUT2D eigenvalue weighted by Gasteiger charge is 2.35. The van der Waals surface area contributed by atoms with Crippen molar-refractivity contribution >= 4 is 11.0 Å². The molecule has 0 bridgehead atoms. The van der Waals surface area contributed by atoms with Crippen molar-refractivity contribution in [1.82, 2.24) is 34.5 Å². The maximum atomic E-state index is 13.1. The first-order valence-corrected chi connectivity index (χ1v) is 12.0. The van der Waals surface area contributed by atoms with Gasteiger partial charge in [-0.05, 0) is 18.4 Å². The van der Waals surface area contributed by atoms with Crippen molar-refractivity contribution in [2.45, 2.75) is 38.0 Å². The number of aromatic amines is 1. The van der Waals surface area contributed by atoms with E-state index in [1.54, 1.807) is 24.5 Å². The molecule has 13 heteroatoms. The highest BCUT2D eigenvalue weighted by atomic mass is 19.4. The molecule has 4 heterocycles. The van der Waals surface area contributed by atoms with Crippen LogP contribution < -0.4 is 4.74 Å². The van der Waals surface area contributed by atoms with E-state index < -0.39 is 18.5 Å². The molecule has 1 N–H and O–H groups in total. The van der Waals surface area contributed by atoms with E-state index in [1.807, 2.05) is 12.1 Å². The molecule has 4 aromatic heterocycles. The van der Waals surface area contributed by atoms with Crippen LogP contribution >= 0.6 is 0 Å². The average molecular weight is 541 g/mol. The molecule has 8 nitrogen and oxygen atoms in total. The Hall–Kier alpha value is -4.42. The summed E-state index contributed by atoms with van der Waals surface area (Å²) in [5.41, 5.74) is 3.38. The molecular formula is C26H20F5N7O. The van der Waals surface area contributed by atoms with Crippen molar-refractivity contribution in [3.8, 4) is 28.7 Å². The summed E-state index contributed by atoms with van der Waals surface area (Å²) in [6.45, 7) is -3.06. The third kappa shape index (κ3) is 4.91. The smallest absolute Gasteiger partial charge is 0.416 e. The summed E-state index contributed by atoms with van der Waals surface area (Å²) in [5.74, 6) is 0.234. The number of rotatable bonds is 7. The summed E-state index contributed by atoms with van der Waals surface area (Å²) in [4.78, 5) is 24.1. The number of hydrogen-bond donors (Lipinski definition) is 1. The fourth-order valence-electron chi connectivity index (χ4n) is 4.52. The molecule has 0 atom stereocenters. The van der Waals surface area contributed by atoms with Gasteiger partial charge in [0.25, 0.3) is 0 Å². The van der Waals surface area contributed by atoms with Crippen LogP contribution in [0.15, 0.2) is 49.2 Å². The molecule has 1 saturated carbocycles. The van der Waals surface area contributed by atoms with Gasteiger partial charge in [0, 0.05) is 42.9 Å². The summed E-state index contributed by atoms with van der Waals surface area (Å²) in [5, 5.41) is 0. The number of halogens is 5. The number of benzene rings is 1. The minimum absolute atomic E-state index is 0.109. The van der Waals surface area contributed by atoms with Crippen LogP contribution in [0.4, 0.5) is 22.0 Å². The number of imidazole rings is 1. The van der Waals surface area contributed by atoms with Gasteiger partial charge in [0.1, 0.15) is 17.7 Å². The second-order valence-electron chi connectivity index (χ2n) is 9.29. The number of nitrogens with one attached hydrogen (secondary N) is 1. The van der Waals surface area contributed by atoms with E-state index in [0.717, 1.165) is 30.2 Å². The molecule has 39 heavy (non-hydrogen) atoms. The van der Waals surface area contributed by atoms with Crippen LogP contribution in [0.3, 0.4) is 0 Å². The lowest BCUT2D eigenvalue weighted by Crippen LogP contribution is -2.08. The van der Waals surface area contributed by atoms with Gasteiger partial charge >= 0.3 is 12.8 Å². The highest BCUT2D eigenvalue weighted by Crippen LogP contribution is 2.45. The van der Waals surface area contributed by atoms with Crippen LogP contribution in [0.1, 0.15) is 41.3 Å². The van der Waals surface area contributed by atoms with Crippen LogP contribution in [0.2, 0.25) is 0 Å². The van der Waals surface area contributed by atoms with E-state index in [9.17, 15) is 22.0 Å². The minimum Gasteiger partial charge on any atom is -0.416 e. The topological polar surface area (TPSA) is 94.4 Å². The molecule has 0 amide bonds. The van der Waals surface area contributed by atoms with E-state index >= 15 is 0 Å². The zero-order valence-electron chi connectivity index (χ0n) is 20.4. The fourth-order valence-corrected chi connectivity index (χ4v) is 4.52. The summed E-state index contributed by atoms with van der Waals surface area (Å²) in [6.07, 6.45) is 3.19. The van der Waals surface area contributed by atoms with Crippen LogP contribution in [-0.2, 0) is 19.6 Å². The number of H-pyrrole nitrogens is 1. The molecule has 200 valence electrons. The average Bonchev–Trinajstić information content (AvgIpc) is 3.56. The first-order chi connectivity index (χ1) is 18.7. The lowest BCUT2D eigenvalue weighted by molar-refractivity contribution is -0.140.